The molecule has 2 N–H and O–H groups in total. The lowest BCUT2D eigenvalue weighted by atomic mass is 10.3. The first-order valence-corrected chi connectivity index (χ1v) is 5.75. The third-order valence-electron chi connectivity index (χ3n) is 2.69. The molecule has 8 nitrogen and oxygen atoms in total. The van der Waals surface area contributed by atoms with E-state index in [1.165, 1.54) is 12.3 Å². The Morgan fingerprint density at radius 3 is 2.95 bits per heavy atom. The minimum atomic E-state index is -0.999. The van der Waals surface area contributed by atoms with Gasteiger partial charge < -0.3 is 10.5 Å². The van der Waals surface area contributed by atoms with Gasteiger partial charge in [-0.3, -0.25) is 14.5 Å². The molecule has 0 bridgehead atoms. The molecule has 9 heteroatoms. The van der Waals surface area contributed by atoms with Crippen LogP contribution in [0.4, 0.5) is 15.9 Å². The van der Waals surface area contributed by atoms with Crippen molar-refractivity contribution in [1.82, 2.24) is 14.4 Å². The van der Waals surface area contributed by atoms with Crippen molar-refractivity contribution in [3.63, 3.8) is 0 Å². The first kappa shape index (κ1) is 12.8. The first-order valence-electron chi connectivity index (χ1n) is 5.75. The maximum absolute atomic E-state index is 13.5. The summed E-state index contributed by atoms with van der Waals surface area (Å²) in [5, 5.41) is 10.6. The van der Waals surface area contributed by atoms with Crippen molar-refractivity contribution < 1.29 is 14.1 Å². The fourth-order valence-electron chi connectivity index (χ4n) is 1.80. The standard InChI is InChI=1S/C12H8FN5O3/c13-8-5-7(1-2-9(8)18(19)20)21-12-11-15-3-4-17(11)6-10(14)16-12/h1-6H,14H2. The molecule has 0 unspecified atom stereocenters. The number of nitro benzene ring substituents is 1. The molecule has 2 heterocycles. The number of nitrogens with two attached hydrogens (primary N) is 1. The van der Waals surface area contributed by atoms with E-state index in [0.29, 0.717) is 5.65 Å². The third-order valence-corrected chi connectivity index (χ3v) is 2.69. The van der Waals surface area contributed by atoms with Crippen molar-refractivity contribution in [1.29, 1.82) is 0 Å². The summed E-state index contributed by atoms with van der Waals surface area (Å²) in [6.07, 6.45) is 4.72. The quantitative estimate of drug-likeness (QED) is 0.584. The van der Waals surface area contributed by atoms with Crippen LogP contribution in [0.25, 0.3) is 5.65 Å². The average Bonchev–Trinajstić information content (AvgIpc) is 2.86. The zero-order valence-electron chi connectivity index (χ0n) is 10.4. The van der Waals surface area contributed by atoms with E-state index in [1.54, 1.807) is 16.8 Å². The first-order chi connectivity index (χ1) is 10.0. The van der Waals surface area contributed by atoms with Crippen LogP contribution >= 0.6 is 0 Å². The zero-order chi connectivity index (χ0) is 15.0. The van der Waals surface area contributed by atoms with Crippen molar-refractivity contribution in [2.75, 3.05) is 5.73 Å². The number of hydrogen-bond donors (Lipinski definition) is 1. The molecule has 0 aliphatic heterocycles. The Bertz CT molecular complexity index is 848. The predicted octanol–water partition coefficient (Wildman–Crippen LogP) is 2.15. The SMILES string of the molecule is Nc1cn2ccnc2c(Oc2ccc([N+](=O)[O-])c(F)c2)n1. The molecule has 0 radical (unpaired) electrons. The molecular weight excluding hydrogens is 281 g/mol. The molecule has 1 aromatic carbocycles. The van der Waals surface area contributed by atoms with Gasteiger partial charge in [0.2, 0.25) is 11.5 Å². The van der Waals surface area contributed by atoms with Gasteiger partial charge in [0.05, 0.1) is 11.1 Å². The summed E-state index contributed by atoms with van der Waals surface area (Å²) in [7, 11) is 0. The second-order valence-electron chi connectivity index (χ2n) is 4.10. The van der Waals surface area contributed by atoms with E-state index >= 15 is 0 Å². The Labute approximate surface area is 116 Å². The van der Waals surface area contributed by atoms with Gasteiger partial charge in [-0.2, -0.15) is 9.37 Å². The Morgan fingerprint density at radius 1 is 1.43 bits per heavy atom. The number of aromatic nitrogens is 3. The van der Waals surface area contributed by atoms with Crippen LogP contribution in [0.3, 0.4) is 0 Å². The molecule has 0 saturated carbocycles. The Hall–Kier alpha value is -3.23. The van der Waals surface area contributed by atoms with E-state index in [4.69, 9.17) is 10.5 Å². The predicted molar refractivity (Wildman–Crippen MR) is 70.5 cm³/mol. The number of nitro groups is 1. The highest BCUT2D eigenvalue weighted by Crippen LogP contribution is 2.28. The minimum absolute atomic E-state index is 0.0566. The number of fused-ring (bicyclic) bond motifs is 1. The normalized spacial score (nSPS) is 10.7. The van der Waals surface area contributed by atoms with E-state index in [0.717, 1.165) is 12.1 Å². The number of benzene rings is 1. The number of anilines is 1. The van der Waals surface area contributed by atoms with Crippen LogP contribution in [0, 0.1) is 15.9 Å². The lowest BCUT2D eigenvalue weighted by molar-refractivity contribution is -0.387. The number of imidazole rings is 1. The van der Waals surface area contributed by atoms with Gasteiger partial charge in [-0.25, -0.2) is 4.98 Å². The van der Waals surface area contributed by atoms with Crippen molar-refractivity contribution in [2.24, 2.45) is 0 Å². The van der Waals surface area contributed by atoms with E-state index in [-0.39, 0.29) is 17.4 Å². The molecule has 0 fully saturated rings. The molecular formula is C12H8FN5O3. The highest BCUT2D eigenvalue weighted by atomic mass is 19.1. The van der Waals surface area contributed by atoms with E-state index in [2.05, 4.69) is 9.97 Å². The molecule has 0 amide bonds. The molecule has 0 spiro atoms. The van der Waals surface area contributed by atoms with Crippen LogP contribution in [0.15, 0.2) is 36.8 Å². The highest BCUT2D eigenvalue weighted by Gasteiger charge is 2.16. The average molecular weight is 289 g/mol. The molecule has 0 aliphatic carbocycles. The molecule has 0 aliphatic rings. The number of nitrogen functional groups attached to an aromatic ring is 1. The summed E-state index contributed by atoms with van der Waals surface area (Å²) < 4.78 is 20.6. The third kappa shape index (κ3) is 2.31. The van der Waals surface area contributed by atoms with Crippen LogP contribution in [0.2, 0.25) is 0 Å². The molecule has 21 heavy (non-hydrogen) atoms. The second kappa shape index (κ2) is 4.71. The highest BCUT2D eigenvalue weighted by molar-refractivity contribution is 5.54. The Morgan fingerprint density at radius 2 is 2.24 bits per heavy atom. The lowest BCUT2D eigenvalue weighted by Gasteiger charge is -2.07. The van der Waals surface area contributed by atoms with Gasteiger partial charge in [0, 0.05) is 24.5 Å². The maximum atomic E-state index is 13.5. The Kier molecular flexibility index (Phi) is 2.87. The van der Waals surface area contributed by atoms with Crippen molar-refractivity contribution in [3.8, 4) is 11.6 Å². The molecule has 3 aromatic rings. The maximum Gasteiger partial charge on any atom is 0.305 e. The molecule has 106 valence electrons. The second-order valence-corrected chi connectivity index (χ2v) is 4.10. The number of nitrogens with zero attached hydrogens (tertiary/aromatic N) is 4. The van der Waals surface area contributed by atoms with Gasteiger partial charge in [-0.05, 0) is 6.07 Å². The van der Waals surface area contributed by atoms with Crippen LogP contribution in [-0.2, 0) is 0 Å². The topological polar surface area (TPSA) is 109 Å². The smallest absolute Gasteiger partial charge is 0.305 e. The molecule has 3 rings (SSSR count). The summed E-state index contributed by atoms with van der Waals surface area (Å²) in [4.78, 5) is 17.8. The van der Waals surface area contributed by atoms with Crippen molar-refractivity contribution in [3.05, 3.63) is 52.7 Å². The van der Waals surface area contributed by atoms with Gasteiger partial charge in [0.15, 0.2) is 0 Å². The summed E-state index contributed by atoms with van der Waals surface area (Å²) >= 11 is 0. The minimum Gasteiger partial charge on any atom is -0.436 e. The van der Waals surface area contributed by atoms with Crippen LogP contribution < -0.4 is 10.5 Å². The van der Waals surface area contributed by atoms with Gasteiger partial charge in [0.25, 0.3) is 5.88 Å². The summed E-state index contributed by atoms with van der Waals surface area (Å²) in [5.41, 5.74) is 5.39. The number of halogens is 1. The summed E-state index contributed by atoms with van der Waals surface area (Å²) in [6.45, 7) is 0. The van der Waals surface area contributed by atoms with Crippen LogP contribution in [0.5, 0.6) is 11.6 Å². The van der Waals surface area contributed by atoms with Gasteiger partial charge >= 0.3 is 5.69 Å². The number of rotatable bonds is 3. The molecule has 2 aromatic heterocycles. The van der Waals surface area contributed by atoms with Crippen LogP contribution in [0.1, 0.15) is 0 Å². The van der Waals surface area contributed by atoms with E-state index in [1.807, 2.05) is 0 Å². The van der Waals surface area contributed by atoms with Gasteiger partial charge in [0.1, 0.15) is 11.6 Å². The van der Waals surface area contributed by atoms with Crippen molar-refractivity contribution in [2.45, 2.75) is 0 Å². The van der Waals surface area contributed by atoms with Crippen LogP contribution in [-0.4, -0.2) is 19.3 Å². The largest absolute Gasteiger partial charge is 0.436 e. The van der Waals surface area contributed by atoms with E-state index < -0.39 is 16.4 Å². The van der Waals surface area contributed by atoms with Crippen molar-refractivity contribution >= 4 is 17.2 Å². The summed E-state index contributed by atoms with van der Waals surface area (Å²) in [5.74, 6) is -0.673. The lowest BCUT2D eigenvalue weighted by Crippen LogP contribution is -1.99. The molecule has 0 atom stereocenters. The summed E-state index contributed by atoms with van der Waals surface area (Å²) in [6, 6.07) is 3.19. The Balaban J connectivity index is 2.00. The number of ether oxygens (including phenoxy) is 1. The fourth-order valence-corrected chi connectivity index (χ4v) is 1.80. The zero-order valence-corrected chi connectivity index (χ0v) is 10.4. The fraction of sp³-hybridized carbons (Fsp3) is 0. The monoisotopic (exact) mass is 289 g/mol. The van der Waals surface area contributed by atoms with E-state index in [9.17, 15) is 14.5 Å². The van der Waals surface area contributed by atoms with Gasteiger partial charge in [-0.15, -0.1) is 0 Å². The number of hydrogen-bond acceptors (Lipinski definition) is 6. The molecule has 0 saturated heterocycles. The van der Waals surface area contributed by atoms with Gasteiger partial charge in [-0.1, -0.05) is 0 Å².